The number of imide groups is 1. The zero-order valence-electron chi connectivity index (χ0n) is 25.1. The van der Waals surface area contributed by atoms with Gasteiger partial charge in [0.05, 0.1) is 29.6 Å². The minimum atomic E-state index is -5.06. The summed E-state index contributed by atoms with van der Waals surface area (Å²) in [5.74, 6) is -4.91. The monoisotopic (exact) mass is 647 g/mol. The number of allylic oxidation sites excluding steroid dienone is 2. The predicted octanol–water partition coefficient (Wildman–Crippen LogP) is 3.88. The summed E-state index contributed by atoms with van der Waals surface area (Å²) in [4.78, 5) is 55.9. The van der Waals surface area contributed by atoms with Crippen LogP contribution in [0.2, 0.25) is 0 Å². The van der Waals surface area contributed by atoms with E-state index in [4.69, 9.17) is 0 Å². The molecular formula is C33H28F3N5O6. The number of anilines is 1. The van der Waals surface area contributed by atoms with Gasteiger partial charge in [-0.05, 0) is 54.8 Å². The molecule has 4 aromatic rings. The lowest BCUT2D eigenvalue weighted by Crippen LogP contribution is -2.53. The van der Waals surface area contributed by atoms with Gasteiger partial charge in [-0.15, -0.1) is 13.2 Å². The number of alkyl halides is 3. The Bertz CT molecular complexity index is 2080. The van der Waals surface area contributed by atoms with Crippen molar-refractivity contribution in [2.75, 3.05) is 5.43 Å². The van der Waals surface area contributed by atoms with Crippen molar-refractivity contribution in [2.24, 2.45) is 13.0 Å². The highest BCUT2D eigenvalue weighted by molar-refractivity contribution is 6.12. The summed E-state index contributed by atoms with van der Waals surface area (Å²) in [5.41, 5.74) is 1.89. The number of hydrogen-bond acceptors (Lipinski definition) is 7. The molecule has 0 radical (unpaired) electrons. The van der Waals surface area contributed by atoms with Crippen LogP contribution in [-0.2, 0) is 28.6 Å². The van der Waals surface area contributed by atoms with Gasteiger partial charge in [-0.3, -0.25) is 15.0 Å². The number of rotatable bonds is 5. The Morgan fingerprint density at radius 3 is 2.34 bits per heavy atom. The van der Waals surface area contributed by atoms with Crippen LogP contribution in [0.25, 0.3) is 0 Å². The van der Waals surface area contributed by atoms with Gasteiger partial charge in [0, 0.05) is 18.5 Å². The molecule has 242 valence electrons. The minimum absolute atomic E-state index is 0.0975. The highest BCUT2D eigenvalue weighted by Crippen LogP contribution is 2.63. The summed E-state index contributed by atoms with van der Waals surface area (Å²) >= 11 is 0. The molecular weight excluding hydrogens is 619 g/mol. The van der Waals surface area contributed by atoms with Crippen LogP contribution in [0.15, 0.2) is 94.0 Å². The summed E-state index contributed by atoms with van der Waals surface area (Å²) in [6.45, 7) is 1.78. The van der Waals surface area contributed by atoms with Gasteiger partial charge in [0.1, 0.15) is 11.5 Å². The molecule has 2 aliphatic heterocycles. The number of carbonyl (C=O) groups excluding carboxylic acids is 2. The molecule has 3 aliphatic rings. The molecule has 1 aromatic heterocycles. The Morgan fingerprint density at radius 2 is 1.66 bits per heavy atom. The second kappa shape index (κ2) is 10.5. The fourth-order valence-electron chi connectivity index (χ4n) is 7.42. The largest absolute Gasteiger partial charge is 0.573 e. The zero-order valence-corrected chi connectivity index (χ0v) is 25.1. The number of aryl methyl sites for hydroxylation is 1. The number of hydrazine groups is 1. The number of ether oxygens (including phenoxy) is 1. The molecule has 0 bridgehead atoms. The summed E-state index contributed by atoms with van der Waals surface area (Å²) in [7, 11) is 1.32. The molecule has 1 aliphatic carbocycles. The average Bonchev–Trinajstić information content (AvgIpc) is 3.39. The van der Waals surface area contributed by atoms with E-state index in [0.29, 0.717) is 16.8 Å². The van der Waals surface area contributed by atoms with E-state index in [2.05, 4.69) is 10.2 Å². The molecule has 2 N–H and O–H groups in total. The lowest BCUT2D eigenvalue weighted by atomic mass is 9.53. The molecule has 2 fully saturated rings. The summed E-state index contributed by atoms with van der Waals surface area (Å²) in [6.07, 6.45) is -3.52. The van der Waals surface area contributed by atoms with Crippen molar-refractivity contribution in [2.45, 2.75) is 43.6 Å². The van der Waals surface area contributed by atoms with E-state index in [1.165, 1.54) is 16.4 Å². The van der Waals surface area contributed by atoms with Crippen LogP contribution < -0.4 is 21.5 Å². The summed E-state index contributed by atoms with van der Waals surface area (Å²) < 4.78 is 47.8. The molecule has 0 unspecified atom stereocenters. The van der Waals surface area contributed by atoms with E-state index in [1.807, 2.05) is 6.92 Å². The lowest BCUT2D eigenvalue weighted by Gasteiger charge is -2.49. The highest BCUT2D eigenvalue weighted by Gasteiger charge is 2.69. The maximum Gasteiger partial charge on any atom is 0.573 e. The Hall–Kier alpha value is -5.53. The average molecular weight is 648 g/mol. The van der Waals surface area contributed by atoms with Crippen molar-refractivity contribution >= 4 is 17.5 Å². The number of benzene rings is 3. The van der Waals surface area contributed by atoms with Crippen molar-refractivity contribution in [3.8, 4) is 11.5 Å². The van der Waals surface area contributed by atoms with Crippen molar-refractivity contribution < 1.29 is 32.6 Å². The Morgan fingerprint density at radius 1 is 0.957 bits per heavy atom. The molecule has 47 heavy (non-hydrogen) atoms. The molecule has 1 saturated heterocycles. The number of phenols is 1. The highest BCUT2D eigenvalue weighted by atomic mass is 19.4. The number of phenolic OH excluding ortho intramolecular Hbond substituents is 1. The summed E-state index contributed by atoms with van der Waals surface area (Å²) in [6, 6.07) is 17.4. The first-order valence-electron chi connectivity index (χ1n) is 14.8. The lowest BCUT2D eigenvalue weighted by molar-refractivity contribution is -0.274. The first-order chi connectivity index (χ1) is 22.3. The van der Waals surface area contributed by atoms with E-state index >= 15 is 0 Å². The molecule has 0 spiro atoms. The number of carbonyl (C=O) groups is 2. The topological polar surface area (TPSA) is 128 Å². The maximum absolute atomic E-state index is 15.0. The van der Waals surface area contributed by atoms with Crippen LogP contribution in [0.5, 0.6) is 11.5 Å². The van der Waals surface area contributed by atoms with Gasteiger partial charge in [-0.2, -0.15) is 5.01 Å². The van der Waals surface area contributed by atoms with Gasteiger partial charge >= 0.3 is 17.7 Å². The normalized spacial score (nSPS) is 23.6. The number of hydrogen-bond donors (Lipinski definition) is 2. The third-order valence-electron chi connectivity index (χ3n) is 9.39. The summed E-state index contributed by atoms with van der Waals surface area (Å²) in [5, 5.41) is 12.2. The van der Waals surface area contributed by atoms with Crippen LogP contribution in [0.4, 0.5) is 18.9 Å². The molecule has 3 aromatic carbocycles. The van der Waals surface area contributed by atoms with Gasteiger partial charge < -0.3 is 9.84 Å². The number of fused-ring (bicyclic) bond motifs is 4. The van der Waals surface area contributed by atoms with Gasteiger partial charge in [-0.1, -0.05) is 54.1 Å². The van der Waals surface area contributed by atoms with Crippen molar-refractivity contribution in [1.82, 2.24) is 18.9 Å². The van der Waals surface area contributed by atoms with Crippen molar-refractivity contribution in [3.05, 3.63) is 122 Å². The number of amides is 2. The van der Waals surface area contributed by atoms with Gasteiger partial charge in [0.2, 0.25) is 0 Å². The number of nitrogens with one attached hydrogen (secondary N) is 1. The fraction of sp³-hybridized carbons (Fsp3) is 0.273. The molecule has 7 rings (SSSR count). The SMILES string of the molecule is Cc1ccc(NN2C(=O)[C@@H]3C[C@@H]4C(=CCn5c(=O)n(C)c(=O)n54)[C@H](c4cc(OC(F)(F)F)ccc4O)[C@]3(c3ccccc3)C2=O)cc1. The Balaban J connectivity index is 1.51. The molecule has 2 amide bonds. The third-order valence-corrected chi connectivity index (χ3v) is 9.39. The van der Waals surface area contributed by atoms with Crippen LogP contribution in [0, 0.1) is 12.8 Å². The first kappa shape index (κ1) is 30.1. The van der Waals surface area contributed by atoms with Gasteiger partial charge in [0.15, 0.2) is 0 Å². The smallest absolute Gasteiger partial charge is 0.508 e. The van der Waals surface area contributed by atoms with Crippen LogP contribution in [0.1, 0.15) is 35.1 Å². The van der Waals surface area contributed by atoms with E-state index in [-0.39, 0.29) is 18.5 Å². The van der Waals surface area contributed by atoms with Crippen molar-refractivity contribution in [1.29, 1.82) is 0 Å². The van der Waals surface area contributed by atoms with Crippen LogP contribution in [-0.4, -0.2) is 42.2 Å². The van der Waals surface area contributed by atoms with Gasteiger partial charge in [0.25, 0.3) is 11.8 Å². The number of aromatic nitrogens is 3. The molecule has 4 atom stereocenters. The van der Waals surface area contributed by atoms with Crippen LogP contribution >= 0.6 is 0 Å². The Labute approximate surface area is 264 Å². The van der Waals surface area contributed by atoms with E-state index in [0.717, 1.165) is 33.3 Å². The number of aromatic hydroxyl groups is 1. The van der Waals surface area contributed by atoms with Gasteiger partial charge in [-0.25, -0.2) is 23.5 Å². The fourth-order valence-corrected chi connectivity index (χ4v) is 7.42. The number of halogens is 3. The third kappa shape index (κ3) is 4.49. The molecule has 1 saturated carbocycles. The number of nitrogens with zero attached hydrogens (tertiary/aromatic N) is 4. The molecule has 3 heterocycles. The van der Waals surface area contributed by atoms with E-state index in [1.54, 1.807) is 60.7 Å². The Kier molecular flexibility index (Phi) is 6.74. The van der Waals surface area contributed by atoms with Crippen LogP contribution in [0.3, 0.4) is 0 Å². The quantitative estimate of drug-likeness (QED) is 0.249. The second-order valence-electron chi connectivity index (χ2n) is 12.0. The molecule has 14 heteroatoms. The predicted molar refractivity (Wildman–Crippen MR) is 161 cm³/mol. The minimum Gasteiger partial charge on any atom is -0.508 e. The van der Waals surface area contributed by atoms with E-state index < -0.39 is 64.3 Å². The van der Waals surface area contributed by atoms with E-state index in [9.17, 15) is 37.5 Å². The van der Waals surface area contributed by atoms with Crippen molar-refractivity contribution in [3.63, 3.8) is 0 Å². The second-order valence-corrected chi connectivity index (χ2v) is 12.0. The standard InChI is InChI=1S/C33H28F3N5O6/c1-18-8-10-20(11-9-18)37-40-28(43)24-17-25-22(14-15-39-30(45)38(2)31(46)41(25)39)27(32(24,29(40)44)19-6-4-3-5-7-19)23-16-21(12-13-26(23)42)47-33(34,35)36/h3-14,16,24-25,27,37,42H,15,17H2,1-2H3/t24-,25+,27+,32+/m0/s1. The first-order valence-corrected chi connectivity index (χ1v) is 14.8. The maximum atomic E-state index is 15.0. The molecule has 11 nitrogen and oxygen atoms in total. The zero-order chi connectivity index (χ0) is 33.4.